The van der Waals surface area contributed by atoms with E-state index in [1.165, 1.54) is 0 Å². The van der Waals surface area contributed by atoms with Gasteiger partial charge in [0.2, 0.25) is 35.4 Å². The molecule has 0 aromatic heterocycles. The maximum absolute atomic E-state index is 14.3. The molecule has 4 heterocycles. The molecule has 0 radical (unpaired) electrons. The van der Waals surface area contributed by atoms with Gasteiger partial charge in [0.25, 0.3) is 0 Å². The number of benzene rings is 4. The van der Waals surface area contributed by atoms with E-state index in [2.05, 4.69) is 91.1 Å². The zero-order valence-corrected chi connectivity index (χ0v) is 48.6. The van der Waals surface area contributed by atoms with Gasteiger partial charge in [-0.3, -0.25) is 28.8 Å². The Morgan fingerprint density at radius 3 is 1.21 bits per heavy atom. The first-order chi connectivity index (χ1) is 39.8. The highest BCUT2D eigenvalue weighted by Gasteiger charge is 2.46. The molecule has 0 aliphatic carbocycles. The number of urea groups is 1. The Labute approximate surface area is 485 Å². The predicted octanol–water partition coefficient (Wildman–Crippen LogP) is 6.80. The lowest BCUT2D eigenvalue weighted by molar-refractivity contribution is -0.144. The molecule has 4 saturated heterocycles. The first kappa shape index (κ1) is 61.0. The summed E-state index contributed by atoms with van der Waals surface area (Å²) in [5.74, 6) is -1.19. The summed E-state index contributed by atoms with van der Waals surface area (Å²) in [6, 6.07) is 31.9. The van der Waals surface area contributed by atoms with E-state index in [-0.39, 0.29) is 53.6 Å². The van der Waals surface area contributed by atoms with Crippen LogP contribution < -0.4 is 42.5 Å². The number of nitrogens with one attached hydrogen (secondary N) is 8. The maximum atomic E-state index is 14.3. The van der Waals surface area contributed by atoms with Crippen LogP contribution >= 0.6 is 0 Å². The summed E-state index contributed by atoms with van der Waals surface area (Å²) in [6.45, 7) is 4.64. The number of hydrogen-bond donors (Lipinski definition) is 8. The Bertz CT molecular complexity index is 2560. The van der Waals surface area contributed by atoms with Crippen molar-refractivity contribution in [1.82, 2.24) is 52.3 Å². The summed E-state index contributed by atoms with van der Waals surface area (Å²) >= 11 is 0. The standard InChI is InChI=1S/C65H88N10O7/c1-43(66-3)59(76)70-53-27-13-11-25-51-37-39-55(74(51)63(53)80)61(78)72-57(47-21-7-5-8-22-47)49-33-29-45(30-34-49)19-15-17-41-68-65(82)69-42-18-16-20-46-31-35-50(36-32-46)58(48-23-9-6-10-24-48)73-62(79)56-40-38-52-26-12-14-28-54(64(81)75(52)56)71-60(77)44(2)67-4/h5-10,21-24,29-36,43-44,51-58,66-67H,11-20,25-28,37-42H2,1-4H3,(H,70,76)(H,71,77)(H,72,78)(H,73,79)(H2,68,69,82)/t43-,44-,51-,52-,53-,54-,55-,56-,57-,58?/m0/s1. The number of likely N-dealkylation sites (N-methyl/N-ethyl adjacent to an activating group) is 2. The number of hydrogen-bond acceptors (Lipinski definition) is 9. The Kier molecular flexibility index (Phi) is 22.5. The van der Waals surface area contributed by atoms with Crippen molar-refractivity contribution in [3.8, 4) is 0 Å². The lowest BCUT2D eigenvalue weighted by Crippen LogP contribution is -2.58. The molecule has 4 fully saturated rings. The third-order valence-corrected chi connectivity index (χ3v) is 17.4. The molecule has 17 nitrogen and oxygen atoms in total. The smallest absolute Gasteiger partial charge is 0.314 e. The summed E-state index contributed by atoms with van der Waals surface area (Å²) in [6.07, 6.45) is 14.1. The topological polar surface area (TPSA) is 222 Å². The van der Waals surface area contributed by atoms with Gasteiger partial charge in [-0.1, -0.05) is 135 Å². The lowest BCUT2D eigenvalue weighted by atomic mass is 9.96. The third-order valence-electron chi connectivity index (χ3n) is 17.4. The highest BCUT2D eigenvalue weighted by Crippen LogP contribution is 2.35. The minimum Gasteiger partial charge on any atom is -0.343 e. The largest absolute Gasteiger partial charge is 0.343 e. The van der Waals surface area contributed by atoms with Crippen molar-refractivity contribution in [2.75, 3.05) is 27.2 Å². The monoisotopic (exact) mass is 1120 g/mol. The van der Waals surface area contributed by atoms with Gasteiger partial charge in [-0.2, -0.15) is 0 Å². The Hall–Kier alpha value is -7.11. The van der Waals surface area contributed by atoms with Gasteiger partial charge in [-0.05, 0) is 151 Å². The first-order valence-corrected chi connectivity index (χ1v) is 30.3. The molecule has 82 heavy (non-hydrogen) atoms. The molecule has 10 atom stereocenters. The van der Waals surface area contributed by atoms with Crippen LogP contribution in [0.2, 0.25) is 0 Å². The van der Waals surface area contributed by atoms with Crippen LogP contribution in [0.4, 0.5) is 4.79 Å². The van der Waals surface area contributed by atoms with Gasteiger partial charge < -0.3 is 52.3 Å². The van der Waals surface area contributed by atoms with Crippen LogP contribution in [0.5, 0.6) is 0 Å². The molecule has 8 N–H and O–H groups in total. The number of aryl methyl sites for hydroxylation is 2. The van der Waals surface area contributed by atoms with Gasteiger partial charge in [0.05, 0.1) is 24.2 Å². The highest BCUT2D eigenvalue weighted by atomic mass is 16.2. The van der Waals surface area contributed by atoms with E-state index in [0.29, 0.717) is 38.8 Å². The number of unbranched alkanes of at least 4 members (excludes halogenated alkanes) is 2. The molecule has 0 spiro atoms. The van der Waals surface area contributed by atoms with Gasteiger partial charge in [0.15, 0.2) is 0 Å². The van der Waals surface area contributed by atoms with E-state index in [0.717, 1.165) is 123 Å². The summed E-state index contributed by atoms with van der Waals surface area (Å²) in [5, 5.41) is 24.4. The van der Waals surface area contributed by atoms with Gasteiger partial charge in [0.1, 0.15) is 24.2 Å². The number of rotatable bonds is 24. The van der Waals surface area contributed by atoms with Crippen LogP contribution in [0.25, 0.3) is 0 Å². The number of amides is 8. The van der Waals surface area contributed by atoms with E-state index < -0.39 is 48.3 Å². The van der Waals surface area contributed by atoms with E-state index in [9.17, 15) is 33.6 Å². The van der Waals surface area contributed by atoms with Crippen LogP contribution in [0.1, 0.15) is 162 Å². The predicted molar refractivity (Wildman–Crippen MR) is 318 cm³/mol. The number of fused-ring (bicyclic) bond motifs is 2. The molecule has 4 aromatic carbocycles. The molecule has 4 aliphatic rings. The van der Waals surface area contributed by atoms with Gasteiger partial charge in [-0.15, -0.1) is 0 Å². The fraction of sp³-hybridized carbons (Fsp3) is 0.523. The van der Waals surface area contributed by atoms with Gasteiger partial charge in [-0.25, -0.2) is 4.79 Å². The molecule has 0 bridgehead atoms. The second kappa shape index (κ2) is 30.3. The van der Waals surface area contributed by atoms with Crippen molar-refractivity contribution >= 4 is 41.5 Å². The Morgan fingerprint density at radius 1 is 0.463 bits per heavy atom. The Morgan fingerprint density at radius 2 is 0.829 bits per heavy atom. The SMILES string of the molecule is CN[C@@H](C)C(=O)N[C@H]1CCCC[C@H]2CC[C@@H](C(=O)NC(c3ccccc3)c3ccc(CCCCNC(=O)NCCCCc4ccc([C@@H](NC(=O)[C@@H]5CC[C@@H]6CCCC[C@H](NC(=O)[C@H](C)NC)C(=O)N65)c5ccccc5)cc4)cc3)N2C1=O. The molecule has 4 aromatic rings. The molecule has 8 amide bonds. The lowest BCUT2D eigenvalue weighted by Gasteiger charge is -2.36. The van der Waals surface area contributed by atoms with Crippen LogP contribution in [0.3, 0.4) is 0 Å². The van der Waals surface area contributed by atoms with Crippen molar-refractivity contribution in [2.24, 2.45) is 0 Å². The molecule has 17 heteroatoms. The summed E-state index contributed by atoms with van der Waals surface area (Å²) in [7, 11) is 3.43. The summed E-state index contributed by atoms with van der Waals surface area (Å²) in [5.41, 5.74) is 6.08. The second-order valence-electron chi connectivity index (χ2n) is 23.0. The van der Waals surface area contributed by atoms with Crippen LogP contribution in [-0.4, -0.2) is 127 Å². The van der Waals surface area contributed by atoms with Gasteiger partial charge in [0, 0.05) is 25.2 Å². The second-order valence-corrected chi connectivity index (χ2v) is 23.0. The summed E-state index contributed by atoms with van der Waals surface area (Å²) < 4.78 is 0. The average Bonchev–Trinajstić information content (AvgIpc) is 4.22. The number of nitrogens with zero attached hydrogens (tertiary/aromatic N) is 2. The first-order valence-electron chi connectivity index (χ1n) is 30.3. The van der Waals surface area contributed by atoms with Crippen LogP contribution in [0.15, 0.2) is 109 Å². The minimum atomic E-state index is -0.665. The van der Waals surface area contributed by atoms with E-state index in [1.807, 2.05) is 60.7 Å². The molecule has 8 rings (SSSR count). The van der Waals surface area contributed by atoms with Crippen LogP contribution in [-0.2, 0) is 41.6 Å². The number of carbonyl (C=O) groups excluding carboxylic acids is 7. The van der Waals surface area contributed by atoms with Crippen LogP contribution in [0, 0.1) is 0 Å². The van der Waals surface area contributed by atoms with Crippen molar-refractivity contribution in [1.29, 1.82) is 0 Å². The molecule has 440 valence electrons. The van der Waals surface area contributed by atoms with E-state index in [1.54, 1.807) is 37.7 Å². The maximum Gasteiger partial charge on any atom is 0.314 e. The zero-order chi connectivity index (χ0) is 58.0. The van der Waals surface area contributed by atoms with Gasteiger partial charge >= 0.3 is 6.03 Å². The summed E-state index contributed by atoms with van der Waals surface area (Å²) in [4.78, 5) is 98.7. The fourth-order valence-electron chi connectivity index (χ4n) is 12.3. The molecule has 0 saturated carbocycles. The van der Waals surface area contributed by atoms with Crippen molar-refractivity contribution in [3.05, 3.63) is 143 Å². The highest BCUT2D eigenvalue weighted by molar-refractivity contribution is 5.95. The molecular formula is C65H88N10O7. The fourth-order valence-corrected chi connectivity index (χ4v) is 12.3. The average molecular weight is 1120 g/mol. The zero-order valence-electron chi connectivity index (χ0n) is 48.6. The normalized spacial score (nSPS) is 22.3. The molecule has 4 aliphatic heterocycles. The van der Waals surface area contributed by atoms with Crippen molar-refractivity contribution in [3.63, 3.8) is 0 Å². The third kappa shape index (κ3) is 16.1. The van der Waals surface area contributed by atoms with Crippen molar-refractivity contribution in [2.45, 2.75) is 190 Å². The minimum absolute atomic E-state index is 0.0339. The van der Waals surface area contributed by atoms with Crippen molar-refractivity contribution < 1.29 is 33.6 Å². The molecular weight excluding hydrogens is 1030 g/mol. The molecule has 1 unspecified atom stereocenters. The van der Waals surface area contributed by atoms with E-state index in [4.69, 9.17) is 0 Å². The number of carbonyl (C=O) groups is 7. The van der Waals surface area contributed by atoms with E-state index >= 15 is 0 Å². The quantitative estimate of drug-likeness (QED) is 0.0346. The Balaban J connectivity index is 0.758.